The topological polar surface area (TPSA) is 58.4 Å². The van der Waals surface area contributed by atoms with Crippen LogP contribution in [0.2, 0.25) is 0 Å². The van der Waals surface area contributed by atoms with Crippen LogP contribution < -0.4 is 11.1 Å². The lowest BCUT2D eigenvalue weighted by Crippen LogP contribution is -2.54. The van der Waals surface area contributed by atoms with Gasteiger partial charge in [-0.3, -0.25) is 9.69 Å². The number of nitrogens with zero attached hydrogens (tertiary/aromatic N) is 1. The molecule has 2 rings (SSSR count). The molecule has 0 aromatic rings. The number of carbonyl (C=O) groups is 1. The van der Waals surface area contributed by atoms with Crippen molar-refractivity contribution in [3.8, 4) is 0 Å². The predicted molar refractivity (Wildman–Crippen MR) is 68.6 cm³/mol. The average Bonchev–Trinajstić information content (AvgIpc) is 3.10. The van der Waals surface area contributed by atoms with E-state index in [2.05, 4.69) is 10.2 Å². The minimum absolute atomic E-state index is 0.102. The molecule has 2 fully saturated rings. The summed E-state index contributed by atoms with van der Waals surface area (Å²) in [7, 11) is 0. The first-order valence-corrected chi connectivity index (χ1v) is 6.95. The van der Waals surface area contributed by atoms with Crippen molar-refractivity contribution in [1.29, 1.82) is 0 Å². The minimum Gasteiger partial charge on any atom is -0.352 e. The van der Waals surface area contributed by atoms with Crippen molar-refractivity contribution in [2.45, 2.75) is 63.6 Å². The fourth-order valence-corrected chi connectivity index (χ4v) is 3.11. The second-order valence-electron chi connectivity index (χ2n) is 5.42. The van der Waals surface area contributed by atoms with E-state index in [4.69, 9.17) is 5.73 Å². The summed E-state index contributed by atoms with van der Waals surface area (Å²) < 4.78 is 0. The summed E-state index contributed by atoms with van der Waals surface area (Å²) in [6, 6.07) is 1.59. The second kappa shape index (κ2) is 5.83. The molecular formula is C13H25N3O. The molecule has 2 saturated carbocycles. The molecular weight excluding hydrogens is 214 g/mol. The van der Waals surface area contributed by atoms with Crippen molar-refractivity contribution < 1.29 is 4.79 Å². The van der Waals surface area contributed by atoms with E-state index >= 15 is 0 Å². The Kier molecular flexibility index (Phi) is 4.40. The number of rotatable bonds is 5. The van der Waals surface area contributed by atoms with Gasteiger partial charge in [0.05, 0.1) is 0 Å². The van der Waals surface area contributed by atoms with Gasteiger partial charge in [-0.25, -0.2) is 0 Å². The van der Waals surface area contributed by atoms with Crippen LogP contribution in [0.1, 0.15) is 45.4 Å². The van der Waals surface area contributed by atoms with Gasteiger partial charge in [-0.15, -0.1) is 0 Å². The standard InChI is InChI=1S/C13H25N3O/c1-10(17)15-12-4-2-3-5-13(12)16(9-8-14)11-6-7-11/h11-13H,2-9,14H2,1H3,(H,15,17)/t12-,13-/m0/s1. The zero-order valence-electron chi connectivity index (χ0n) is 10.8. The van der Waals surface area contributed by atoms with E-state index in [1.807, 2.05) is 0 Å². The van der Waals surface area contributed by atoms with Crippen LogP contribution in [-0.2, 0) is 4.79 Å². The summed E-state index contributed by atoms with van der Waals surface area (Å²) in [5, 5.41) is 3.13. The number of hydrogen-bond donors (Lipinski definition) is 2. The van der Waals surface area contributed by atoms with Gasteiger partial charge in [-0.05, 0) is 25.7 Å². The molecule has 2 aliphatic carbocycles. The van der Waals surface area contributed by atoms with Crippen LogP contribution in [0, 0.1) is 0 Å². The Morgan fingerprint density at radius 1 is 1.29 bits per heavy atom. The van der Waals surface area contributed by atoms with Gasteiger partial charge in [0, 0.05) is 38.1 Å². The summed E-state index contributed by atoms with van der Waals surface area (Å²) in [5.74, 6) is 0.102. The predicted octanol–water partition coefficient (Wildman–Crippen LogP) is 0.857. The maximum Gasteiger partial charge on any atom is 0.217 e. The van der Waals surface area contributed by atoms with Gasteiger partial charge < -0.3 is 11.1 Å². The molecule has 0 aromatic carbocycles. The van der Waals surface area contributed by atoms with Crippen molar-refractivity contribution in [1.82, 2.24) is 10.2 Å². The third kappa shape index (κ3) is 3.42. The van der Waals surface area contributed by atoms with E-state index in [0.717, 1.165) is 25.6 Å². The number of carbonyl (C=O) groups excluding carboxylic acids is 1. The zero-order chi connectivity index (χ0) is 12.3. The molecule has 1 amide bonds. The third-order valence-corrected chi connectivity index (χ3v) is 3.95. The van der Waals surface area contributed by atoms with Crippen molar-refractivity contribution in [2.75, 3.05) is 13.1 Å². The van der Waals surface area contributed by atoms with Gasteiger partial charge in [0.1, 0.15) is 0 Å². The summed E-state index contributed by atoms with van der Waals surface area (Å²) in [5.41, 5.74) is 5.72. The first kappa shape index (κ1) is 12.8. The third-order valence-electron chi connectivity index (χ3n) is 3.95. The Hall–Kier alpha value is -0.610. The Balaban J connectivity index is 1.99. The largest absolute Gasteiger partial charge is 0.352 e. The van der Waals surface area contributed by atoms with Crippen molar-refractivity contribution in [2.24, 2.45) is 5.73 Å². The molecule has 0 unspecified atom stereocenters. The van der Waals surface area contributed by atoms with Crippen LogP contribution in [0.3, 0.4) is 0 Å². The van der Waals surface area contributed by atoms with Gasteiger partial charge in [-0.1, -0.05) is 12.8 Å². The van der Waals surface area contributed by atoms with Gasteiger partial charge in [-0.2, -0.15) is 0 Å². The van der Waals surface area contributed by atoms with E-state index in [-0.39, 0.29) is 5.91 Å². The highest BCUT2D eigenvalue weighted by Crippen LogP contribution is 2.33. The normalized spacial score (nSPS) is 29.4. The molecule has 2 aliphatic rings. The average molecular weight is 239 g/mol. The molecule has 98 valence electrons. The molecule has 4 heteroatoms. The quantitative estimate of drug-likeness (QED) is 0.748. The lowest BCUT2D eigenvalue weighted by molar-refractivity contribution is -0.120. The van der Waals surface area contributed by atoms with Gasteiger partial charge >= 0.3 is 0 Å². The van der Waals surface area contributed by atoms with Crippen LogP contribution in [0.15, 0.2) is 0 Å². The second-order valence-corrected chi connectivity index (χ2v) is 5.42. The smallest absolute Gasteiger partial charge is 0.217 e. The number of nitrogens with two attached hydrogens (primary N) is 1. The van der Waals surface area contributed by atoms with Crippen LogP contribution in [0.5, 0.6) is 0 Å². The van der Waals surface area contributed by atoms with E-state index < -0.39 is 0 Å². The summed E-state index contributed by atoms with van der Waals surface area (Å²) in [6.45, 7) is 3.32. The van der Waals surface area contributed by atoms with Crippen LogP contribution in [-0.4, -0.2) is 42.0 Å². The first-order valence-electron chi connectivity index (χ1n) is 6.95. The van der Waals surface area contributed by atoms with E-state index in [1.165, 1.54) is 32.1 Å². The molecule has 0 heterocycles. The Morgan fingerprint density at radius 2 is 2.00 bits per heavy atom. The number of nitrogens with one attached hydrogen (secondary N) is 1. The summed E-state index contributed by atoms with van der Waals surface area (Å²) in [4.78, 5) is 13.8. The lowest BCUT2D eigenvalue weighted by atomic mass is 9.88. The molecule has 0 saturated heterocycles. The fraction of sp³-hybridized carbons (Fsp3) is 0.923. The summed E-state index contributed by atoms with van der Waals surface area (Å²) in [6.07, 6.45) is 7.48. The highest BCUT2D eigenvalue weighted by atomic mass is 16.1. The van der Waals surface area contributed by atoms with E-state index in [1.54, 1.807) is 6.92 Å². The highest BCUT2D eigenvalue weighted by molar-refractivity contribution is 5.73. The van der Waals surface area contributed by atoms with Crippen LogP contribution >= 0.6 is 0 Å². The maximum atomic E-state index is 11.3. The van der Waals surface area contributed by atoms with Gasteiger partial charge in [0.2, 0.25) is 5.91 Å². The molecule has 0 bridgehead atoms. The van der Waals surface area contributed by atoms with Crippen molar-refractivity contribution >= 4 is 5.91 Å². The summed E-state index contributed by atoms with van der Waals surface area (Å²) >= 11 is 0. The number of hydrogen-bond acceptors (Lipinski definition) is 3. The zero-order valence-corrected chi connectivity index (χ0v) is 10.8. The molecule has 3 N–H and O–H groups in total. The molecule has 0 spiro atoms. The van der Waals surface area contributed by atoms with Crippen LogP contribution in [0.4, 0.5) is 0 Å². The number of amides is 1. The molecule has 0 aliphatic heterocycles. The lowest BCUT2D eigenvalue weighted by Gasteiger charge is -2.40. The van der Waals surface area contributed by atoms with Crippen molar-refractivity contribution in [3.05, 3.63) is 0 Å². The van der Waals surface area contributed by atoms with Crippen LogP contribution in [0.25, 0.3) is 0 Å². The van der Waals surface area contributed by atoms with Gasteiger partial charge in [0.15, 0.2) is 0 Å². The fourth-order valence-electron chi connectivity index (χ4n) is 3.11. The first-order chi connectivity index (χ1) is 8.22. The van der Waals surface area contributed by atoms with Crippen molar-refractivity contribution in [3.63, 3.8) is 0 Å². The van der Waals surface area contributed by atoms with E-state index in [9.17, 15) is 4.79 Å². The van der Waals surface area contributed by atoms with Gasteiger partial charge in [0.25, 0.3) is 0 Å². The molecule has 0 radical (unpaired) electrons. The SMILES string of the molecule is CC(=O)N[C@H]1CCCC[C@@H]1N(CCN)C1CC1. The highest BCUT2D eigenvalue weighted by Gasteiger charge is 2.38. The maximum absolute atomic E-state index is 11.3. The molecule has 2 atom stereocenters. The Labute approximate surface area is 104 Å². The minimum atomic E-state index is 0.102. The molecule has 4 nitrogen and oxygen atoms in total. The monoisotopic (exact) mass is 239 g/mol. The van der Waals surface area contributed by atoms with E-state index in [0.29, 0.717) is 12.1 Å². The molecule has 17 heavy (non-hydrogen) atoms. The Bertz CT molecular complexity index is 265. The Morgan fingerprint density at radius 3 is 2.59 bits per heavy atom. The molecule has 0 aromatic heterocycles.